The van der Waals surface area contributed by atoms with Crippen molar-refractivity contribution in [2.24, 2.45) is 0 Å². The number of rotatable bonds is 2. The van der Waals surface area contributed by atoms with Crippen LogP contribution in [0.4, 0.5) is 5.69 Å². The van der Waals surface area contributed by atoms with Crippen LogP contribution in [0, 0.1) is 0 Å². The van der Waals surface area contributed by atoms with E-state index < -0.39 is 5.60 Å². The van der Waals surface area contributed by atoms with Crippen molar-refractivity contribution in [2.45, 2.75) is 12.5 Å². The van der Waals surface area contributed by atoms with Gasteiger partial charge < -0.3 is 10.1 Å². The highest BCUT2D eigenvalue weighted by Gasteiger charge is 2.47. The van der Waals surface area contributed by atoms with Crippen LogP contribution < -0.4 is 5.32 Å². The first-order valence-electron chi connectivity index (χ1n) is 4.52. The first-order chi connectivity index (χ1) is 7.42. The molecule has 1 heterocycles. The SMILES string of the molecule is CC1(C(=O)Nc2cc(Cl)c(Cl)c(Cl)c2)CO1. The van der Waals surface area contributed by atoms with Gasteiger partial charge >= 0.3 is 0 Å². The zero-order valence-electron chi connectivity index (χ0n) is 8.31. The maximum Gasteiger partial charge on any atom is 0.258 e. The van der Waals surface area contributed by atoms with Gasteiger partial charge in [-0.05, 0) is 19.1 Å². The summed E-state index contributed by atoms with van der Waals surface area (Å²) in [7, 11) is 0. The second-order valence-electron chi connectivity index (χ2n) is 3.73. The first kappa shape index (κ1) is 12.0. The molecule has 1 saturated heterocycles. The van der Waals surface area contributed by atoms with Gasteiger partial charge in [0.25, 0.3) is 5.91 Å². The number of nitrogens with one attached hydrogen (secondary N) is 1. The summed E-state index contributed by atoms with van der Waals surface area (Å²) >= 11 is 17.5. The molecule has 3 nitrogen and oxygen atoms in total. The Morgan fingerprint density at radius 3 is 2.31 bits per heavy atom. The zero-order chi connectivity index (χ0) is 11.9. The highest BCUT2D eigenvalue weighted by Crippen LogP contribution is 2.34. The maximum absolute atomic E-state index is 11.6. The average molecular weight is 281 g/mol. The third-order valence-electron chi connectivity index (χ3n) is 2.30. The highest BCUT2D eigenvalue weighted by molar-refractivity contribution is 6.48. The molecule has 0 saturated carbocycles. The molecule has 1 amide bonds. The lowest BCUT2D eigenvalue weighted by atomic mass is 10.2. The minimum absolute atomic E-state index is 0.220. The van der Waals surface area contributed by atoms with E-state index in [0.29, 0.717) is 22.3 Å². The molecule has 16 heavy (non-hydrogen) atoms. The summed E-state index contributed by atoms with van der Waals surface area (Å²) in [6, 6.07) is 3.08. The van der Waals surface area contributed by atoms with Crippen LogP contribution in [-0.4, -0.2) is 18.1 Å². The van der Waals surface area contributed by atoms with E-state index in [-0.39, 0.29) is 10.9 Å². The topological polar surface area (TPSA) is 41.6 Å². The molecule has 1 N–H and O–H groups in total. The molecule has 2 rings (SSSR count). The number of epoxide rings is 1. The van der Waals surface area contributed by atoms with Gasteiger partial charge in [0.2, 0.25) is 0 Å². The van der Waals surface area contributed by atoms with Crippen LogP contribution in [0.15, 0.2) is 12.1 Å². The van der Waals surface area contributed by atoms with E-state index in [0.717, 1.165) is 0 Å². The molecule has 1 atom stereocenters. The van der Waals surface area contributed by atoms with Crippen LogP contribution >= 0.6 is 34.8 Å². The lowest BCUT2D eigenvalue weighted by Crippen LogP contribution is -2.28. The van der Waals surface area contributed by atoms with Crippen molar-refractivity contribution in [1.29, 1.82) is 0 Å². The molecule has 1 aromatic carbocycles. The molecule has 0 aliphatic carbocycles. The predicted molar refractivity (Wildman–Crippen MR) is 64.5 cm³/mol. The van der Waals surface area contributed by atoms with Crippen LogP contribution in [0.1, 0.15) is 6.92 Å². The number of amides is 1. The second-order valence-corrected chi connectivity index (χ2v) is 4.92. The predicted octanol–water partition coefficient (Wildman–Crippen LogP) is 3.37. The quantitative estimate of drug-likeness (QED) is 0.666. The fourth-order valence-corrected chi connectivity index (χ4v) is 1.73. The average Bonchev–Trinajstić information content (AvgIpc) is 2.94. The number of carbonyl (C=O) groups is 1. The lowest BCUT2D eigenvalue weighted by Gasteiger charge is -2.09. The molecule has 1 fully saturated rings. The molecule has 1 aromatic rings. The summed E-state index contributed by atoms with van der Waals surface area (Å²) in [6.45, 7) is 2.13. The summed E-state index contributed by atoms with van der Waals surface area (Å²) in [6.07, 6.45) is 0. The van der Waals surface area contributed by atoms with Crippen molar-refractivity contribution in [1.82, 2.24) is 0 Å². The Labute approximate surface area is 108 Å². The van der Waals surface area contributed by atoms with E-state index in [1.54, 1.807) is 19.1 Å². The molecule has 86 valence electrons. The van der Waals surface area contributed by atoms with E-state index in [1.165, 1.54) is 0 Å². The van der Waals surface area contributed by atoms with Gasteiger partial charge in [0.1, 0.15) is 0 Å². The molecule has 1 aliphatic heterocycles. The Kier molecular flexibility index (Phi) is 3.05. The van der Waals surface area contributed by atoms with E-state index >= 15 is 0 Å². The molecular formula is C10H8Cl3NO2. The second kappa shape index (κ2) is 4.08. The summed E-state index contributed by atoms with van der Waals surface area (Å²) in [5.74, 6) is -0.220. The van der Waals surface area contributed by atoms with Crippen LogP contribution in [0.25, 0.3) is 0 Å². The van der Waals surface area contributed by atoms with Crippen LogP contribution in [0.2, 0.25) is 15.1 Å². The number of anilines is 1. The molecule has 0 bridgehead atoms. The number of halogens is 3. The van der Waals surface area contributed by atoms with Crippen LogP contribution in [0.3, 0.4) is 0 Å². The zero-order valence-corrected chi connectivity index (χ0v) is 10.6. The molecule has 6 heteroatoms. The minimum atomic E-state index is -0.724. The number of benzene rings is 1. The molecule has 0 aromatic heterocycles. The fourth-order valence-electron chi connectivity index (χ4n) is 1.13. The van der Waals surface area contributed by atoms with Gasteiger partial charge in [0.15, 0.2) is 5.60 Å². The van der Waals surface area contributed by atoms with Gasteiger partial charge in [-0.1, -0.05) is 34.8 Å². The fraction of sp³-hybridized carbons (Fsp3) is 0.300. The monoisotopic (exact) mass is 279 g/mol. The first-order valence-corrected chi connectivity index (χ1v) is 5.66. The Morgan fingerprint density at radius 1 is 1.38 bits per heavy atom. The Morgan fingerprint density at radius 2 is 1.88 bits per heavy atom. The smallest absolute Gasteiger partial charge is 0.258 e. The Balaban J connectivity index is 2.19. The molecule has 0 spiro atoms. The highest BCUT2D eigenvalue weighted by atomic mass is 35.5. The third kappa shape index (κ3) is 2.28. The van der Waals surface area contributed by atoms with Crippen molar-refractivity contribution in [3.05, 3.63) is 27.2 Å². The van der Waals surface area contributed by atoms with Gasteiger partial charge in [-0.25, -0.2) is 0 Å². The van der Waals surface area contributed by atoms with Gasteiger partial charge in [0, 0.05) is 5.69 Å². The standard InChI is InChI=1S/C10H8Cl3NO2/c1-10(4-16-10)9(15)14-5-2-6(11)8(13)7(12)3-5/h2-3H,4H2,1H3,(H,14,15). The summed E-state index contributed by atoms with van der Waals surface area (Å²) < 4.78 is 5.01. The van der Waals surface area contributed by atoms with Gasteiger partial charge in [0.05, 0.1) is 21.7 Å². The van der Waals surface area contributed by atoms with Gasteiger partial charge in [-0.15, -0.1) is 0 Å². The number of ether oxygens (including phenoxy) is 1. The largest absolute Gasteiger partial charge is 0.359 e. The minimum Gasteiger partial charge on any atom is -0.359 e. The molecule has 1 unspecified atom stereocenters. The van der Waals surface area contributed by atoms with Crippen molar-refractivity contribution in [3.8, 4) is 0 Å². The Hall–Kier alpha value is -0.480. The van der Waals surface area contributed by atoms with Crippen LogP contribution in [0.5, 0.6) is 0 Å². The maximum atomic E-state index is 11.6. The van der Waals surface area contributed by atoms with Crippen molar-refractivity contribution < 1.29 is 9.53 Å². The summed E-state index contributed by atoms with van der Waals surface area (Å²) in [5.41, 5.74) is -0.223. The number of hydrogen-bond acceptors (Lipinski definition) is 2. The van der Waals surface area contributed by atoms with Crippen molar-refractivity contribution in [3.63, 3.8) is 0 Å². The Bertz CT molecular complexity index is 434. The normalized spacial score (nSPS) is 23.0. The summed E-state index contributed by atoms with van der Waals surface area (Å²) in [5, 5.41) is 3.53. The molecule has 0 radical (unpaired) electrons. The van der Waals surface area contributed by atoms with E-state index in [1.807, 2.05) is 0 Å². The number of hydrogen-bond donors (Lipinski definition) is 1. The van der Waals surface area contributed by atoms with Crippen molar-refractivity contribution in [2.75, 3.05) is 11.9 Å². The van der Waals surface area contributed by atoms with E-state index in [9.17, 15) is 4.79 Å². The summed E-state index contributed by atoms with van der Waals surface area (Å²) in [4.78, 5) is 11.6. The van der Waals surface area contributed by atoms with Crippen molar-refractivity contribution >= 4 is 46.4 Å². The van der Waals surface area contributed by atoms with E-state index in [4.69, 9.17) is 39.5 Å². The third-order valence-corrected chi connectivity index (χ3v) is 3.50. The van der Waals surface area contributed by atoms with E-state index in [2.05, 4.69) is 5.32 Å². The van der Waals surface area contributed by atoms with Crippen LogP contribution in [-0.2, 0) is 9.53 Å². The lowest BCUT2D eigenvalue weighted by molar-refractivity contribution is -0.120. The molecular weight excluding hydrogens is 272 g/mol. The molecule has 1 aliphatic rings. The van der Waals surface area contributed by atoms with Gasteiger partial charge in [-0.3, -0.25) is 4.79 Å². The van der Waals surface area contributed by atoms with Gasteiger partial charge in [-0.2, -0.15) is 0 Å². The number of carbonyl (C=O) groups excluding carboxylic acids is 1.